The lowest BCUT2D eigenvalue weighted by Gasteiger charge is -2.40. The van der Waals surface area contributed by atoms with Gasteiger partial charge in [-0.05, 0) is 6.42 Å². The SMILES string of the molecule is CCCCCCCC(=O)OCC1OC(O)C(NC(C)=O)C(O)C1O. The van der Waals surface area contributed by atoms with Crippen LogP contribution >= 0.6 is 0 Å². The van der Waals surface area contributed by atoms with Crippen LogP contribution < -0.4 is 5.32 Å². The lowest BCUT2D eigenvalue weighted by molar-refractivity contribution is -0.255. The Bertz CT molecular complexity index is 404. The van der Waals surface area contributed by atoms with Gasteiger partial charge in [-0.1, -0.05) is 32.6 Å². The van der Waals surface area contributed by atoms with E-state index in [1.807, 2.05) is 0 Å². The third kappa shape index (κ3) is 6.72. The first-order valence-electron chi connectivity index (χ1n) is 8.49. The molecular weight excluding hydrogens is 318 g/mol. The van der Waals surface area contributed by atoms with Crippen molar-refractivity contribution < 1.29 is 34.4 Å². The van der Waals surface area contributed by atoms with E-state index in [2.05, 4.69) is 12.2 Å². The van der Waals surface area contributed by atoms with Gasteiger partial charge in [-0.3, -0.25) is 9.59 Å². The Balaban J connectivity index is 2.35. The van der Waals surface area contributed by atoms with Gasteiger partial charge in [-0.25, -0.2) is 0 Å². The molecule has 0 radical (unpaired) electrons. The molecular formula is C16H29NO7. The summed E-state index contributed by atoms with van der Waals surface area (Å²) in [6.45, 7) is 3.07. The molecule has 0 aliphatic carbocycles. The minimum Gasteiger partial charge on any atom is -0.463 e. The predicted molar refractivity (Wildman–Crippen MR) is 84.8 cm³/mol. The van der Waals surface area contributed by atoms with Crippen molar-refractivity contribution in [3.63, 3.8) is 0 Å². The molecule has 0 spiro atoms. The fraction of sp³-hybridized carbons (Fsp3) is 0.875. The second-order valence-electron chi connectivity index (χ2n) is 6.12. The van der Waals surface area contributed by atoms with Crippen molar-refractivity contribution in [3.05, 3.63) is 0 Å². The van der Waals surface area contributed by atoms with Gasteiger partial charge in [0.05, 0.1) is 0 Å². The van der Waals surface area contributed by atoms with Crippen molar-refractivity contribution in [1.82, 2.24) is 5.32 Å². The Morgan fingerprint density at radius 3 is 2.38 bits per heavy atom. The minimum absolute atomic E-state index is 0.268. The van der Waals surface area contributed by atoms with E-state index in [1.54, 1.807) is 0 Å². The number of aliphatic hydroxyl groups is 3. The molecule has 1 amide bonds. The van der Waals surface area contributed by atoms with Gasteiger partial charge in [-0.2, -0.15) is 0 Å². The molecule has 0 aromatic heterocycles. The molecule has 0 bridgehead atoms. The van der Waals surface area contributed by atoms with Gasteiger partial charge in [0.25, 0.3) is 0 Å². The summed E-state index contributed by atoms with van der Waals surface area (Å²) in [5.41, 5.74) is 0. The highest BCUT2D eigenvalue weighted by Crippen LogP contribution is 2.20. The Labute approximate surface area is 142 Å². The van der Waals surface area contributed by atoms with Crippen LogP contribution in [0.5, 0.6) is 0 Å². The van der Waals surface area contributed by atoms with Gasteiger partial charge < -0.3 is 30.1 Å². The molecule has 1 aliphatic heterocycles. The minimum atomic E-state index is -1.50. The van der Waals surface area contributed by atoms with Crippen LogP contribution in [0.2, 0.25) is 0 Å². The average Bonchev–Trinajstić information content (AvgIpc) is 2.53. The van der Waals surface area contributed by atoms with Gasteiger partial charge in [0, 0.05) is 13.3 Å². The highest BCUT2D eigenvalue weighted by molar-refractivity contribution is 5.73. The number of unbranched alkanes of at least 4 members (excludes halogenated alkanes) is 4. The lowest BCUT2D eigenvalue weighted by atomic mass is 9.97. The van der Waals surface area contributed by atoms with Crippen molar-refractivity contribution in [2.75, 3.05) is 6.61 Å². The largest absolute Gasteiger partial charge is 0.463 e. The molecule has 1 heterocycles. The van der Waals surface area contributed by atoms with Crippen LogP contribution in [-0.4, -0.2) is 64.4 Å². The van der Waals surface area contributed by atoms with Gasteiger partial charge in [0.1, 0.15) is 31.0 Å². The summed E-state index contributed by atoms with van der Waals surface area (Å²) >= 11 is 0. The molecule has 24 heavy (non-hydrogen) atoms. The van der Waals surface area contributed by atoms with E-state index in [0.29, 0.717) is 0 Å². The number of carbonyl (C=O) groups excluding carboxylic acids is 2. The van der Waals surface area contributed by atoms with Crippen LogP contribution in [0.15, 0.2) is 0 Å². The van der Waals surface area contributed by atoms with E-state index in [1.165, 1.54) is 6.92 Å². The number of esters is 1. The maximum Gasteiger partial charge on any atom is 0.305 e. The summed E-state index contributed by atoms with van der Waals surface area (Å²) in [6.07, 6.45) is -0.0199. The first-order chi connectivity index (χ1) is 11.4. The number of aliphatic hydroxyl groups excluding tert-OH is 3. The molecule has 5 unspecified atom stereocenters. The fourth-order valence-corrected chi connectivity index (χ4v) is 2.59. The van der Waals surface area contributed by atoms with E-state index >= 15 is 0 Å². The second kappa shape index (κ2) is 10.6. The molecule has 1 rings (SSSR count). The number of hydrogen-bond acceptors (Lipinski definition) is 7. The van der Waals surface area contributed by atoms with Crippen molar-refractivity contribution in [2.45, 2.75) is 83.0 Å². The molecule has 8 heteroatoms. The summed E-state index contributed by atoms with van der Waals surface area (Å²) in [5.74, 6) is -0.878. The van der Waals surface area contributed by atoms with Crippen LogP contribution in [0, 0.1) is 0 Å². The zero-order chi connectivity index (χ0) is 18.1. The summed E-state index contributed by atoms with van der Waals surface area (Å²) in [5, 5.41) is 32.1. The summed E-state index contributed by atoms with van der Waals surface area (Å²) < 4.78 is 10.2. The summed E-state index contributed by atoms with van der Waals surface area (Å²) in [6, 6.07) is -1.14. The Morgan fingerprint density at radius 2 is 1.75 bits per heavy atom. The van der Waals surface area contributed by atoms with Crippen molar-refractivity contribution >= 4 is 11.9 Å². The Kier molecular flexibility index (Phi) is 9.20. The first-order valence-corrected chi connectivity index (χ1v) is 8.49. The van der Waals surface area contributed by atoms with Crippen LogP contribution in [-0.2, 0) is 19.1 Å². The maximum absolute atomic E-state index is 11.7. The van der Waals surface area contributed by atoms with Crippen LogP contribution in [0.25, 0.3) is 0 Å². The highest BCUT2D eigenvalue weighted by Gasteiger charge is 2.44. The van der Waals surface area contributed by atoms with E-state index in [4.69, 9.17) is 9.47 Å². The normalized spacial score (nSPS) is 30.0. The number of amides is 1. The van der Waals surface area contributed by atoms with Gasteiger partial charge in [0.15, 0.2) is 6.29 Å². The first kappa shape index (κ1) is 20.8. The molecule has 0 saturated carbocycles. The fourth-order valence-electron chi connectivity index (χ4n) is 2.59. The third-order valence-electron chi connectivity index (χ3n) is 3.98. The molecule has 1 aliphatic rings. The number of nitrogens with one attached hydrogen (secondary N) is 1. The predicted octanol–water partition coefficient (Wildman–Crippen LogP) is -0.166. The number of rotatable bonds is 9. The van der Waals surface area contributed by atoms with Gasteiger partial charge >= 0.3 is 5.97 Å². The van der Waals surface area contributed by atoms with Crippen molar-refractivity contribution in [2.24, 2.45) is 0 Å². The third-order valence-corrected chi connectivity index (χ3v) is 3.98. The summed E-state index contributed by atoms with van der Waals surface area (Å²) in [7, 11) is 0. The molecule has 4 N–H and O–H groups in total. The van der Waals surface area contributed by atoms with Crippen molar-refractivity contribution in [1.29, 1.82) is 0 Å². The summed E-state index contributed by atoms with van der Waals surface area (Å²) in [4.78, 5) is 22.7. The van der Waals surface area contributed by atoms with E-state index in [-0.39, 0.29) is 13.0 Å². The molecule has 1 saturated heterocycles. The highest BCUT2D eigenvalue weighted by atomic mass is 16.6. The van der Waals surface area contributed by atoms with Crippen LogP contribution in [0.3, 0.4) is 0 Å². The van der Waals surface area contributed by atoms with Gasteiger partial charge in [-0.15, -0.1) is 0 Å². The quantitative estimate of drug-likeness (QED) is 0.337. The standard InChI is InChI=1S/C16H29NO7/c1-3-4-5-6-7-8-12(19)23-9-11-14(20)15(21)13(16(22)24-11)17-10(2)18/h11,13-16,20-22H,3-9H2,1-2H3,(H,17,18). The van der Waals surface area contributed by atoms with E-state index in [9.17, 15) is 24.9 Å². The lowest BCUT2D eigenvalue weighted by Crippen LogP contribution is -2.64. The monoisotopic (exact) mass is 347 g/mol. The smallest absolute Gasteiger partial charge is 0.305 e. The number of ether oxygens (including phenoxy) is 2. The van der Waals surface area contributed by atoms with Crippen molar-refractivity contribution in [3.8, 4) is 0 Å². The van der Waals surface area contributed by atoms with Crippen LogP contribution in [0.4, 0.5) is 0 Å². The van der Waals surface area contributed by atoms with E-state index < -0.39 is 42.5 Å². The van der Waals surface area contributed by atoms with Gasteiger partial charge in [0.2, 0.25) is 5.91 Å². The molecule has 8 nitrogen and oxygen atoms in total. The topological polar surface area (TPSA) is 125 Å². The number of hydrogen-bond donors (Lipinski definition) is 4. The molecule has 0 aromatic rings. The number of carbonyl (C=O) groups is 2. The second-order valence-corrected chi connectivity index (χ2v) is 6.12. The molecule has 5 atom stereocenters. The zero-order valence-electron chi connectivity index (χ0n) is 14.3. The zero-order valence-corrected chi connectivity index (χ0v) is 14.3. The Hall–Kier alpha value is -1.22. The van der Waals surface area contributed by atoms with E-state index in [0.717, 1.165) is 32.1 Å². The van der Waals surface area contributed by atoms with Crippen LogP contribution in [0.1, 0.15) is 52.4 Å². The maximum atomic E-state index is 11.7. The molecule has 0 aromatic carbocycles. The molecule has 1 fully saturated rings. The molecule has 140 valence electrons. The average molecular weight is 347 g/mol. The Morgan fingerprint density at radius 1 is 1.08 bits per heavy atom.